The molecule has 0 aliphatic carbocycles. The zero-order valence-corrected chi connectivity index (χ0v) is 13.5. The van der Waals surface area contributed by atoms with E-state index in [1.807, 2.05) is 20.8 Å². The molecule has 0 spiro atoms. The average molecular weight is 330 g/mol. The molecular weight excluding hydrogens is 319 g/mol. The van der Waals surface area contributed by atoms with Gasteiger partial charge in [0.1, 0.15) is 0 Å². The summed E-state index contributed by atoms with van der Waals surface area (Å²) in [7, 11) is 0. The van der Waals surface area contributed by atoms with Gasteiger partial charge in [0.2, 0.25) is 0 Å². The molecule has 0 amide bonds. The van der Waals surface area contributed by atoms with Crippen LogP contribution in [-0.2, 0) is 16.3 Å². The molecule has 0 unspecified atom stereocenters. The standard InChI is InChI=1S/C10H11F2O.BrH.Zn/c1-10(2,3)13-7-4-5-8(11)9(12)6-7;;/h5-6H,1-3H3;1H;/q-1;;+2/p-1. The minimum absolute atomic E-state index is 0.214. The van der Waals surface area contributed by atoms with Crippen LogP contribution < -0.4 is 4.74 Å². The zero-order valence-electron chi connectivity index (χ0n) is 8.90. The van der Waals surface area contributed by atoms with Crippen molar-refractivity contribution < 1.29 is 29.9 Å². The number of hydrogen-bond donors (Lipinski definition) is 0. The molecule has 1 aromatic carbocycles. The van der Waals surface area contributed by atoms with Crippen LogP contribution in [0.3, 0.4) is 0 Å². The van der Waals surface area contributed by atoms with Gasteiger partial charge in [-0.25, -0.2) is 4.39 Å². The molecule has 1 aromatic rings. The zero-order chi connectivity index (χ0) is 12.1. The molecular formula is C10H11BrF2OZn. The van der Waals surface area contributed by atoms with Crippen LogP contribution in [0.25, 0.3) is 0 Å². The molecule has 0 heterocycles. The topological polar surface area (TPSA) is 9.23 Å². The van der Waals surface area contributed by atoms with Crippen LogP contribution in [0.2, 0.25) is 0 Å². The van der Waals surface area contributed by atoms with Gasteiger partial charge in [0.05, 0.1) is 11.4 Å². The van der Waals surface area contributed by atoms with Crippen molar-refractivity contribution in [1.29, 1.82) is 0 Å². The molecule has 0 aliphatic heterocycles. The normalized spacial score (nSPS) is 10.4. The van der Waals surface area contributed by atoms with E-state index in [9.17, 15) is 8.78 Å². The molecule has 5 heteroatoms. The molecule has 0 radical (unpaired) electrons. The Morgan fingerprint density at radius 2 is 1.80 bits per heavy atom. The summed E-state index contributed by atoms with van der Waals surface area (Å²) < 4.78 is 30.4. The van der Waals surface area contributed by atoms with Crippen LogP contribution in [0, 0.1) is 17.7 Å². The number of ether oxygens (including phenoxy) is 1. The first-order valence-corrected chi connectivity index (χ1v) is 11.2. The number of hydrogen-bond acceptors (Lipinski definition) is 1. The van der Waals surface area contributed by atoms with E-state index in [2.05, 4.69) is 19.7 Å². The van der Waals surface area contributed by atoms with Crippen molar-refractivity contribution in [2.45, 2.75) is 26.4 Å². The second-order valence-corrected chi connectivity index (χ2v) is 3.71. The van der Waals surface area contributed by atoms with E-state index in [4.69, 9.17) is 4.74 Å². The van der Waals surface area contributed by atoms with Gasteiger partial charge >= 0.3 is 30.0 Å². The van der Waals surface area contributed by atoms with E-state index in [0.29, 0.717) is 0 Å². The van der Waals surface area contributed by atoms with Crippen LogP contribution in [0.4, 0.5) is 8.78 Å². The van der Waals surface area contributed by atoms with Crippen molar-refractivity contribution in [3.05, 3.63) is 29.8 Å². The van der Waals surface area contributed by atoms with Crippen LogP contribution in [0.1, 0.15) is 20.8 Å². The summed E-state index contributed by atoms with van der Waals surface area (Å²) in [5, 5.41) is 0. The second kappa shape index (κ2) is 6.54. The van der Waals surface area contributed by atoms with Crippen molar-refractivity contribution in [3.63, 3.8) is 0 Å². The maximum atomic E-state index is 12.7. The summed E-state index contributed by atoms with van der Waals surface area (Å²) in [6.45, 7) is 5.46. The fourth-order valence-electron chi connectivity index (χ4n) is 0.818. The molecule has 0 aromatic heterocycles. The Bertz CT molecular complexity index is 313. The molecule has 80 valence electrons. The van der Waals surface area contributed by atoms with Gasteiger partial charge < -0.3 is 4.74 Å². The van der Waals surface area contributed by atoms with Gasteiger partial charge in [-0.05, 0) is 20.8 Å². The Morgan fingerprint density at radius 1 is 1.27 bits per heavy atom. The van der Waals surface area contributed by atoms with E-state index in [1.54, 1.807) is 0 Å². The fourth-order valence-corrected chi connectivity index (χ4v) is 0.818. The first-order valence-electron chi connectivity index (χ1n) is 4.21. The number of benzene rings is 1. The van der Waals surface area contributed by atoms with Crippen LogP contribution in [0.5, 0.6) is 5.75 Å². The monoisotopic (exact) mass is 328 g/mol. The Morgan fingerprint density at radius 3 is 2.20 bits per heavy atom. The predicted octanol–water partition coefficient (Wildman–Crippen LogP) is 3.79. The SMILES string of the molecule is CC(C)(C)Oc1[c-]cc(F)c(F)c1.[Zn+][Br]. The van der Waals surface area contributed by atoms with E-state index >= 15 is 0 Å². The second-order valence-electron chi connectivity index (χ2n) is 3.71. The summed E-state index contributed by atoms with van der Waals surface area (Å²) in [6, 6.07) is 4.41. The fraction of sp³-hybridized carbons (Fsp3) is 0.400. The van der Waals surface area contributed by atoms with Gasteiger partial charge in [0.25, 0.3) is 0 Å². The van der Waals surface area contributed by atoms with E-state index in [1.165, 1.54) is 16.3 Å². The van der Waals surface area contributed by atoms with Gasteiger partial charge in [-0.15, -0.1) is 12.1 Å². The van der Waals surface area contributed by atoms with Gasteiger partial charge in [0.15, 0.2) is 0 Å². The van der Waals surface area contributed by atoms with Crippen LogP contribution >= 0.6 is 13.6 Å². The summed E-state index contributed by atoms with van der Waals surface area (Å²) in [5.74, 6) is -1.62. The van der Waals surface area contributed by atoms with Gasteiger partial charge in [0, 0.05) is 11.6 Å². The first-order chi connectivity index (χ1) is 6.88. The Hall–Kier alpha value is -0.0166. The Kier molecular flexibility index (Phi) is 6.53. The van der Waals surface area contributed by atoms with Gasteiger partial charge in [-0.2, -0.15) is 0 Å². The van der Waals surface area contributed by atoms with Crippen molar-refractivity contribution in [3.8, 4) is 5.75 Å². The van der Waals surface area contributed by atoms with Crippen molar-refractivity contribution in [1.82, 2.24) is 0 Å². The van der Waals surface area contributed by atoms with E-state index < -0.39 is 17.2 Å². The molecule has 1 nitrogen and oxygen atoms in total. The molecule has 0 fully saturated rings. The summed E-state index contributed by atoms with van der Waals surface area (Å²) in [6.07, 6.45) is 0. The third-order valence-corrected chi connectivity index (χ3v) is 1.24. The summed E-state index contributed by atoms with van der Waals surface area (Å²) >= 11 is 4.25. The van der Waals surface area contributed by atoms with Crippen molar-refractivity contribution in [2.24, 2.45) is 0 Å². The Balaban J connectivity index is 0.000000921. The number of rotatable bonds is 1. The molecule has 0 atom stereocenters. The summed E-state index contributed by atoms with van der Waals surface area (Å²) in [5.41, 5.74) is -0.430. The minimum atomic E-state index is -0.919. The number of halogens is 3. The van der Waals surface area contributed by atoms with Gasteiger partial charge in [-0.1, -0.05) is 6.07 Å². The molecule has 0 N–H and O–H groups in total. The molecule has 15 heavy (non-hydrogen) atoms. The van der Waals surface area contributed by atoms with Crippen molar-refractivity contribution >= 4 is 13.6 Å². The van der Waals surface area contributed by atoms with Crippen LogP contribution in [0.15, 0.2) is 12.1 Å². The molecule has 0 saturated carbocycles. The first kappa shape index (κ1) is 15.0. The average Bonchev–Trinajstić information content (AvgIpc) is 2.12. The molecule has 0 bridgehead atoms. The van der Waals surface area contributed by atoms with Crippen molar-refractivity contribution in [2.75, 3.05) is 0 Å². The third kappa shape index (κ3) is 6.21. The maximum absolute atomic E-state index is 12.7. The predicted molar refractivity (Wildman–Crippen MR) is 54.5 cm³/mol. The quantitative estimate of drug-likeness (QED) is 0.562. The molecule has 0 aliphatic rings. The van der Waals surface area contributed by atoms with Crippen LogP contribution in [-0.4, -0.2) is 5.60 Å². The Labute approximate surface area is 105 Å². The van der Waals surface area contributed by atoms with Gasteiger partial charge in [-0.3, -0.25) is 4.39 Å². The molecule has 1 rings (SSSR count). The summed E-state index contributed by atoms with van der Waals surface area (Å²) in [4.78, 5) is 0. The van der Waals surface area contributed by atoms with E-state index in [0.717, 1.165) is 12.1 Å². The molecule has 0 saturated heterocycles. The third-order valence-electron chi connectivity index (χ3n) is 1.24. The van der Waals surface area contributed by atoms with E-state index in [-0.39, 0.29) is 5.75 Å².